The SMILES string of the molecule is C1=C[C@H]2C[C@@H]1C[C@]21CC1(c1ccccc1)c1ccccc1. The van der Waals surface area contributed by atoms with E-state index in [1.807, 2.05) is 0 Å². The Hall–Kier alpha value is -1.82. The van der Waals surface area contributed by atoms with Gasteiger partial charge < -0.3 is 0 Å². The normalized spacial score (nSPS) is 34.5. The van der Waals surface area contributed by atoms with Gasteiger partial charge in [0, 0.05) is 5.41 Å². The van der Waals surface area contributed by atoms with E-state index in [0.717, 1.165) is 11.8 Å². The highest BCUT2D eigenvalue weighted by molar-refractivity contribution is 5.53. The molecule has 0 amide bonds. The summed E-state index contributed by atoms with van der Waals surface area (Å²) in [6.07, 6.45) is 9.09. The Morgan fingerprint density at radius 1 is 0.762 bits per heavy atom. The van der Waals surface area contributed by atoms with Crippen molar-refractivity contribution >= 4 is 0 Å². The fourth-order valence-electron chi connectivity index (χ4n) is 5.47. The average Bonchev–Trinajstić information content (AvgIpc) is 2.85. The maximum Gasteiger partial charge on any atom is 0.0271 e. The van der Waals surface area contributed by atoms with Gasteiger partial charge in [0.25, 0.3) is 0 Å². The van der Waals surface area contributed by atoms with Crippen LogP contribution in [0.15, 0.2) is 72.8 Å². The van der Waals surface area contributed by atoms with Crippen LogP contribution in [0, 0.1) is 17.3 Å². The van der Waals surface area contributed by atoms with Gasteiger partial charge in [-0.3, -0.25) is 0 Å². The molecule has 0 heteroatoms. The Morgan fingerprint density at radius 2 is 1.38 bits per heavy atom. The maximum absolute atomic E-state index is 2.52. The minimum Gasteiger partial charge on any atom is -0.0851 e. The highest BCUT2D eigenvalue weighted by Gasteiger charge is 2.74. The van der Waals surface area contributed by atoms with Crippen LogP contribution in [0.25, 0.3) is 0 Å². The van der Waals surface area contributed by atoms with Gasteiger partial charge in [-0.15, -0.1) is 0 Å². The summed E-state index contributed by atoms with van der Waals surface area (Å²) in [5.41, 5.74) is 3.81. The lowest BCUT2D eigenvalue weighted by Gasteiger charge is -2.28. The Kier molecular flexibility index (Phi) is 2.18. The van der Waals surface area contributed by atoms with Crippen molar-refractivity contribution in [3.05, 3.63) is 83.9 Å². The quantitative estimate of drug-likeness (QED) is 0.678. The zero-order chi connectivity index (χ0) is 13.9. The van der Waals surface area contributed by atoms with Crippen LogP contribution in [-0.2, 0) is 5.41 Å². The van der Waals surface area contributed by atoms with E-state index in [9.17, 15) is 0 Å². The number of rotatable bonds is 2. The first-order valence-electron chi connectivity index (χ1n) is 8.15. The van der Waals surface area contributed by atoms with E-state index >= 15 is 0 Å². The molecule has 2 aromatic carbocycles. The van der Waals surface area contributed by atoms with Gasteiger partial charge in [-0.1, -0.05) is 72.8 Å². The number of hydrogen-bond donors (Lipinski definition) is 0. The molecule has 1 spiro atoms. The average molecular weight is 272 g/mol. The molecule has 0 aliphatic heterocycles. The van der Waals surface area contributed by atoms with Crippen LogP contribution < -0.4 is 0 Å². The van der Waals surface area contributed by atoms with Crippen LogP contribution in [0.2, 0.25) is 0 Å². The molecule has 3 atom stereocenters. The van der Waals surface area contributed by atoms with E-state index in [4.69, 9.17) is 0 Å². The third kappa shape index (κ3) is 1.36. The summed E-state index contributed by atoms with van der Waals surface area (Å²) in [6.45, 7) is 0. The maximum atomic E-state index is 2.52. The largest absolute Gasteiger partial charge is 0.0851 e. The lowest BCUT2D eigenvalue weighted by Crippen LogP contribution is -2.23. The van der Waals surface area contributed by atoms with Gasteiger partial charge >= 0.3 is 0 Å². The van der Waals surface area contributed by atoms with Gasteiger partial charge in [0.05, 0.1) is 0 Å². The molecule has 0 aromatic heterocycles. The predicted octanol–water partition coefficient (Wildman–Crippen LogP) is 4.96. The van der Waals surface area contributed by atoms with Crippen LogP contribution in [0.4, 0.5) is 0 Å². The Balaban J connectivity index is 1.70. The molecule has 5 rings (SSSR count). The van der Waals surface area contributed by atoms with Crippen LogP contribution in [0.3, 0.4) is 0 Å². The summed E-state index contributed by atoms with van der Waals surface area (Å²) in [6, 6.07) is 22.5. The second kappa shape index (κ2) is 3.88. The molecule has 0 unspecified atom stereocenters. The first-order valence-corrected chi connectivity index (χ1v) is 8.15. The Labute approximate surface area is 126 Å². The van der Waals surface area contributed by atoms with Crippen molar-refractivity contribution in [3.8, 4) is 0 Å². The number of hydrogen-bond acceptors (Lipinski definition) is 0. The zero-order valence-electron chi connectivity index (χ0n) is 12.2. The number of benzene rings is 2. The van der Waals surface area contributed by atoms with E-state index in [-0.39, 0.29) is 5.41 Å². The fraction of sp³-hybridized carbons (Fsp3) is 0.333. The van der Waals surface area contributed by atoms with Gasteiger partial charge in [-0.05, 0) is 47.6 Å². The van der Waals surface area contributed by atoms with Crippen molar-refractivity contribution in [2.24, 2.45) is 17.3 Å². The first-order chi connectivity index (χ1) is 10.4. The minimum atomic E-state index is 0.264. The van der Waals surface area contributed by atoms with E-state index in [2.05, 4.69) is 72.8 Å². The summed E-state index contributed by atoms with van der Waals surface area (Å²) in [5.74, 6) is 1.63. The van der Waals surface area contributed by atoms with Crippen LogP contribution >= 0.6 is 0 Å². The molecule has 3 aliphatic carbocycles. The molecular weight excluding hydrogens is 252 g/mol. The predicted molar refractivity (Wildman–Crippen MR) is 86.1 cm³/mol. The zero-order valence-corrected chi connectivity index (χ0v) is 12.2. The van der Waals surface area contributed by atoms with Crippen molar-refractivity contribution in [2.75, 3.05) is 0 Å². The van der Waals surface area contributed by atoms with E-state index in [1.165, 1.54) is 30.4 Å². The summed E-state index contributed by atoms with van der Waals surface area (Å²) < 4.78 is 0. The van der Waals surface area contributed by atoms with Crippen molar-refractivity contribution < 1.29 is 0 Å². The van der Waals surface area contributed by atoms with Gasteiger partial charge in [-0.25, -0.2) is 0 Å². The number of allylic oxidation sites excluding steroid dienone is 2. The summed E-state index contributed by atoms with van der Waals surface area (Å²) in [7, 11) is 0. The highest BCUT2D eigenvalue weighted by atomic mass is 14.8. The molecule has 3 aliphatic rings. The molecule has 0 nitrogen and oxygen atoms in total. The second-order valence-corrected chi connectivity index (χ2v) is 7.16. The molecule has 0 radical (unpaired) electrons. The Morgan fingerprint density at radius 3 is 1.86 bits per heavy atom. The molecule has 104 valence electrons. The third-order valence-corrected chi connectivity index (χ3v) is 6.35. The smallest absolute Gasteiger partial charge is 0.0271 e. The highest BCUT2D eigenvalue weighted by Crippen LogP contribution is 2.79. The van der Waals surface area contributed by atoms with Gasteiger partial charge in [0.2, 0.25) is 0 Å². The molecular formula is C21H20. The summed E-state index contributed by atoms with van der Waals surface area (Å²) in [5, 5.41) is 0. The third-order valence-electron chi connectivity index (χ3n) is 6.35. The first kappa shape index (κ1) is 11.8. The monoisotopic (exact) mass is 272 g/mol. The van der Waals surface area contributed by atoms with E-state index in [1.54, 1.807) is 0 Å². The van der Waals surface area contributed by atoms with Crippen LogP contribution in [-0.4, -0.2) is 0 Å². The van der Waals surface area contributed by atoms with Crippen LogP contribution in [0.5, 0.6) is 0 Å². The summed E-state index contributed by atoms with van der Waals surface area (Å²) >= 11 is 0. The lowest BCUT2D eigenvalue weighted by atomic mass is 9.74. The molecule has 2 saturated carbocycles. The Bertz CT molecular complexity index is 658. The fourth-order valence-corrected chi connectivity index (χ4v) is 5.47. The van der Waals surface area contributed by atoms with Crippen molar-refractivity contribution in [2.45, 2.75) is 24.7 Å². The van der Waals surface area contributed by atoms with Crippen molar-refractivity contribution in [1.82, 2.24) is 0 Å². The molecule has 0 N–H and O–H groups in total. The van der Waals surface area contributed by atoms with Gasteiger partial charge in [0.15, 0.2) is 0 Å². The molecule has 0 saturated heterocycles. The molecule has 2 aromatic rings. The van der Waals surface area contributed by atoms with Crippen molar-refractivity contribution in [3.63, 3.8) is 0 Å². The molecule has 0 heterocycles. The minimum absolute atomic E-state index is 0.264. The van der Waals surface area contributed by atoms with Crippen molar-refractivity contribution in [1.29, 1.82) is 0 Å². The standard InChI is InChI=1S/C21H20/c1-3-7-17(8-4-1)21(18-9-5-2-6-10-18)15-20(21)14-16-11-12-19(20)13-16/h1-12,16,19H,13-15H2/t16-,19+,20+/m1/s1. The van der Waals surface area contributed by atoms with Gasteiger partial charge in [0.1, 0.15) is 0 Å². The second-order valence-electron chi connectivity index (χ2n) is 7.16. The summed E-state index contributed by atoms with van der Waals surface area (Å²) in [4.78, 5) is 0. The molecule has 21 heavy (non-hydrogen) atoms. The van der Waals surface area contributed by atoms with E-state index < -0.39 is 0 Å². The van der Waals surface area contributed by atoms with E-state index in [0.29, 0.717) is 5.41 Å². The topological polar surface area (TPSA) is 0 Å². The number of fused-ring (bicyclic) bond motifs is 3. The lowest BCUT2D eigenvalue weighted by molar-refractivity contribution is 0.374. The van der Waals surface area contributed by atoms with Crippen LogP contribution in [0.1, 0.15) is 30.4 Å². The molecule has 2 bridgehead atoms. The molecule has 2 fully saturated rings. The van der Waals surface area contributed by atoms with Gasteiger partial charge in [-0.2, -0.15) is 0 Å².